The van der Waals surface area contributed by atoms with Crippen LogP contribution in [0.5, 0.6) is 0 Å². The minimum atomic E-state index is -3.15. The van der Waals surface area contributed by atoms with Crippen LogP contribution >= 0.6 is 24.0 Å². The highest BCUT2D eigenvalue weighted by molar-refractivity contribution is 8.26. The smallest absolute Gasteiger partial charge is 0.267 e. The highest BCUT2D eigenvalue weighted by Gasteiger charge is 2.46. The Bertz CT molecular complexity index is 1020. The van der Waals surface area contributed by atoms with Gasteiger partial charge in [0.25, 0.3) is 11.8 Å². The molecule has 0 bridgehead atoms. The van der Waals surface area contributed by atoms with E-state index < -0.39 is 15.9 Å². The number of amides is 2. The van der Waals surface area contributed by atoms with E-state index in [-0.39, 0.29) is 23.3 Å². The summed E-state index contributed by atoms with van der Waals surface area (Å²) >= 11 is 6.50. The van der Waals surface area contributed by atoms with Crippen LogP contribution in [0.15, 0.2) is 29.2 Å². The molecule has 0 saturated carbocycles. The Morgan fingerprint density at radius 3 is 2.64 bits per heavy atom. The van der Waals surface area contributed by atoms with Crippen molar-refractivity contribution in [2.24, 2.45) is 0 Å². The van der Waals surface area contributed by atoms with Gasteiger partial charge in [0, 0.05) is 12.1 Å². The van der Waals surface area contributed by atoms with Gasteiger partial charge in [-0.2, -0.15) is 0 Å². The van der Waals surface area contributed by atoms with Crippen LogP contribution in [-0.2, 0) is 19.4 Å². The molecule has 9 heteroatoms. The standard InChI is InChI=1S/C19H20N2O4S3/c1-2-3-9-20-14-7-5-4-6-13(14)15(17(20)22)16-18(23)21(19(26)27-16)12-8-10-28(24,25)11-12/h4-7,12H,2-3,8-11H2,1H3/b16-15+/t12-/m1/s1. The first-order chi connectivity index (χ1) is 13.3. The van der Waals surface area contributed by atoms with Gasteiger partial charge in [0.1, 0.15) is 4.32 Å². The number of hydrogen-bond donors (Lipinski definition) is 0. The van der Waals surface area contributed by atoms with E-state index in [0.717, 1.165) is 35.9 Å². The van der Waals surface area contributed by atoms with Crippen LogP contribution in [-0.4, -0.2) is 53.5 Å². The molecule has 3 heterocycles. The van der Waals surface area contributed by atoms with E-state index in [2.05, 4.69) is 6.92 Å². The maximum absolute atomic E-state index is 13.2. The van der Waals surface area contributed by atoms with Crippen molar-refractivity contribution in [1.29, 1.82) is 0 Å². The molecule has 6 nitrogen and oxygen atoms in total. The second kappa shape index (κ2) is 7.27. The van der Waals surface area contributed by atoms with Crippen molar-refractivity contribution in [2.75, 3.05) is 23.0 Å². The highest BCUT2D eigenvalue weighted by atomic mass is 32.2. The Kier molecular flexibility index (Phi) is 5.09. The van der Waals surface area contributed by atoms with Crippen molar-refractivity contribution in [3.8, 4) is 0 Å². The molecule has 0 aromatic heterocycles. The first kappa shape index (κ1) is 19.6. The van der Waals surface area contributed by atoms with Gasteiger partial charge in [-0.3, -0.25) is 14.5 Å². The first-order valence-electron chi connectivity index (χ1n) is 9.25. The Balaban J connectivity index is 1.74. The molecule has 148 valence electrons. The Hall–Kier alpha value is -1.71. The summed E-state index contributed by atoms with van der Waals surface area (Å²) in [6.45, 7) is 2.66. The van der Waals surface area contributed by atoms with Crippen LogP contribution in [0, 0.1) is 0 Å². The van der Waals surface area contributed by atoms with Crippen LogP contribution in [0.2, 0.25) is 0 Å². The molecule has 1 atom stereocenters. The molecule has 4 rings (SSSR count). The normalized spacial score (nSPS) is 26.5. The van der Waals surface area contributed by atoms with Crippen molar-refractivity contribution in [2.45, 2.75) is 32.2 Å². The fourth-order valence-electron chi connectivity index (χ4n) is 3.86. The Morgan fingerprint density at radius 2 is 1.96 bits per heavy atom. The number of sulfone groups is 1. The lowest BCUT2D eigenvalue weighted by atomic mass is 10.1. The quantitative estimate of drug-likeness (QED) is 0.534. The van der Waals surface area contributed by atoms with Gasteiger partial charge in [-0.1, -0.05) is 55.5 Å². The predicted molar refractivity (Wildman–Crippen MR) is 115 cm³/mol. The number of fused-ring (bicyclic) bond motifs is 1. The molecule has 0 radical (unpaired) electrons. The van der Waals surface area contributed by atoms with Gasteiger partial charge in [0.2, 0.25) is 0 Å². The Morgan fingerprint density at radius 1 is 1.21 bits per heavy atom. The van der Waals surface area contributed by atoms with Gasteiger partial charge in [0.15, 0.2) is 9.84 Å². The van der Waals surface area contributed by atoms with Crippen molar-refractivity contribution >= 4 is 61.2 Å². The third-order valence-electron chi connectivity index (χ3n) is 5.26. The van der Waals surface area contributed by atoms with E-state index in [9.17, 15) is 18.0 Å². The van der Waals surface area contributed by atoms with Crippen molar-refractivity contribution in [1.82, 2.24) is 4.90 Å². The lowest BCUT2D eigenvalue weighted by molar-refractivity contribution is -0.123. The van der Waals surface area contributed by atoms with Gasteiger partial charge >= 0.3 is 0 Å². The maximum atomic E-state index is 13.2. The molecule has 2 fully saturated rings. The molecule has 28 heavy (non-hydrogen) atoms. The van der Waals surface area contributed by atoms with Crippen LogP contribution in [0.1, 0.15) is 31.7 Å². The summed E-state index contributed by atoms with van der Waals surface area (Å²) in [4.78, 5) is 29.8. The summed E-state index contributed by atoms with van der Waals surface area (Å²) in [6, 6.07) is 7.02. The van der Waals surface area contributed by atoms with Crippen molar-refractivity contribution < 1.29 is 18.0 Å². The number of hydrogen-bond acceptors (Lipinski definition) is 6. The fourth-order valence-corrected chi connectivity index (χ4v) is 7.03. The number of nitrogens with zero attached hydrogens (tertiary/aromatic N) is 2. The van der Waals surface area contributed by atoms with E-state index >= 15 is 0 Å². The molecular formula is C19H20N2O4S3. The second-order valence-electron chi connectivity index (χ2n) is 7.13. The van der Waals surface area contributed by atoms with Crippen LogP contribution < -0.4 is 4.90 Å². The third kappa shape index (κ3) is 3.19. The lowest BCUT2D eigenvalue weighted by Crippen LogP contribution is -2.39. The van der Waals surface area contributed by atoms with Gasteiger partial charge in [-0.05, 0) is 18.9 Å². The molecule has 2 saturated heterocycles. The van der Waals surface area contributed by atoms with Gasteiger partial charge in [-0.15, -0.1) is 0 Å². The molecule has 1 aromatic rings. The molecule has 0 spiro atoms. The minimum Gasteiger partial charge on any atom is -0.308 e. The zero-order valence-corrected chi connectivity index (χ0v) is 17.8. The zero-order chi connectivity index (χ0) is 20.1. The molecule has 0 N–H and O–H groups in total. The minimum absolute atomic E-state index is 0.0627. The summed E-state index contributed by atoms with van der Waals surface area (Å²) in [5, 5.41) is 0. The molecule has 2 amide bonds. The number of para-hydroxylation sites is 1. The lowest BCUT2D eigenvalue weighted by Gasteiger charge is -2.21. The first-order valence-corrected chi connectivity index (χ1v) is 12.3. The van der Waals surface area contributed by atoms with Gasteiger partial charge in [0.05, 0.1) is 33.7 Å². The number of thiocarbonyl (C=S) groups is 1. The SMILES string of the molecule is CCCCN1C(=O)/C(=C2/SC(=S)N([C@@H]3CCS(=O)(=O)C3)C2=O)c2ccccc21. The second-order valence-corrected chi connectivity index (χ2v) is 11.0. The van der Waals surface area contributed by atoms with E-state index in [4.69, 9.17) is 12.2 Å². The van der Waals surface area contributed by atoms with Crippen molar-refractivity contribution in [3.05, 3.63) is 34.7 Å². The highest BCUT2D eigenvalue weighted by Crippen LogP contribution is 2.45. The largest absolute Gasteiger partial charge is 0.308 e. The van der Waals surface area contributed by atoms with Gasteiger partial charge in [-0.25, -0.2) is 8.42 Å². The van der Waals surface area contributed by atoms with Crippen LogP contribution in [0.3, 0.4) is 0 Å². The number of unbranched alkanes of at least 4 members (excludes halogenated alkanes) is 1. The third-order valence-corrected chi connectivity index (χ3v) is 8.41. The molecule has 0 aliphatic carbocycles. The molecule has 3 aliphatic heterocycles. The maximum Gasteiger partial charge on any atom is 0.267 e. The monoisotopic (exact) mass is 436 g/mol. The number of anilines is 1. The average molecular weight is 437 g/mol. The Labute approximate surface area is 173 Å². The summed E-state index contributed by atoms with van der Waals surface area (Å²) in [5.41, 5.74) is 1.93. The van der Waals surface area contributed by atoms with E-state index in [0.29, 0.717) is 27.8 Å². The van der Waals surface area contributed by atoms with E-state index in [1.807, 2.05) is 24.3 Å². The van der Waals surface area contributed by atoms with Gasteiger partial charge < -0.3 is 4.90 Å². The van der Waals surface area contributed by atoms with E-state index in [1.54, 1.807) is 4.90 Å². The number of rotatable bonds is 4. The molecule has 3 aliphatic rings. The van der Waals surface area contributed by atoms with Crippen LogP contribution in [0.25, 0.3) is 5.57 Å². The summed E-state index contributed by atoms with van der Waals surface area (Å²) < 4.78 is 24.0. The number of benzene rings is 1. The predicted octanol–water partition coefficient (Wildman–Crippen LogP) is 2.59. The molecule has 1 aromatic carbocycles. The van der Waals surface area contributed by atoms with Crippen LogP contribution in [0.4, 0.5) is 5.69 Å². The molecular weight excluding hydrogens is 416 g/mol. The molecule has 0 unspecified atom stereocenters. The number of thioether (sulfide) groups is 1. The number of carbonyl (C=O) groups excluding carboxylic acids is 2. The number of carbonyl (C=O) groups is 2. The topological polar surface area (TPSA) is 74.8 Å². The zero-order valence-electron chi connectivity index (χ0n) is 15.4. The summed E-state index contributed by atoms with van der Waals surface area (Å²) in [6.07, 6.45) is 2.21. The average Bonchev–Trinajstić information content (AvgIpc) is 3.24. The van der Waals surface area contributed by atoms with E-state index in [1.165, 1.54) is 4.90 Å². The fraction of sp³-hybridized carbons (Fsp3) is 0.421. The summed E-state index contributed by atoms with van der Waals surface area (Å²) in [7, 11) is -3.15. The summed E-state index contributed by atoms with van der Waals surface area (Å²) in [5.74, 6) is -0.552. The van der Waals surface area contributed by atoms with Crippen molar-refractivity contribution in [3.63, 3.8) is 0 Å².